The molecule has 34 heavy (non-hydrogen) atoms. The van der Waals surface area contributed by atoms with Crippen LogP contribution >= 0.6 is 11.3 Å². The molecule has 0 N–H and O–H groups in total. The summed E-state index contributed by atoms with van der Waals surface area (Å²) in [7, 11) is 0. The first-order valence-electron chi connectivity index (χ1n) is 10.6. The molecule has 0 radical (unpaired) electrons. The standard InChI is InChI=1S/C26H16N4O3S/c31-23-21(17-11-5-2-6-12-17)28-30-25(33)22(34-26(30)27-23)20-18-13-7-8-14-19(18)29(24(20)32)15-16-9-3-1-4-10-16/h1-14H,15H2. The van der Waals surface area contributed by atoms with Crippen LogP contribution in [0.25, 0.3) is 21.8 Å². The molecule has 0 unspecified atom stereocenters. The maximum Gasteiger partial charge on any atom is 0.300 e. The van der Waals surface area contributed by atoms with Crippen molar-refractivity contribution >= 4 is 33.5 Å². The topological polar surface area (TPSA) is 84.6 Å². The van der Waals surface area contributed by atoms with Crippen LogP contribution in [-0.2, 0) is 11.3 Å². The van der Waals surface area contributed by atoms with Gasteiger partial charge in [0.2, 0.25) is 4.96 Å². The average Bonchev–Trinajstić information content (AvgIpc) is 3.32. The molecule has 0 atom stereocenters. The number of carbonyl (C=O) groups excluding carboxylic acids is 1. The molecule has 164 valence electrons. The third-order valence-corrected chi connectivity index (χ3v) is 6.77. The van der Waals surface area contributed by atoms with Crippen molar-refractivity contribution in [3.63, 3.8) is 0 Å². The highest BCUT2D eigenvalue weighted by Crippen LogP contribution is 2.36. The van der Waals surface area contributed by atoms with E-state index >= 15 is 0 Å². The van der Waals surface area contributed by atoms with Gasteiger partial charge in [0.1, 0.15) is 4.53 Å². The molecule has 0 spiro atoms. The summed E-state index contributed by atoms with van der Waals surface area (Å²) in [6, 6.07) is 26.0. The summed E-state index contributed by atoms with van der Waals surface area (Å²) < 4.78 is 1.34. The normalized spacial score (nSPS) is 14.6. The van der Waals surface area contributed by atoms with Gasteiger partial charge in [0.25, 0.3) is 11.5 Å². The van der Waals surface area contributed by atoms with E-state index in [1.807, 2.05) is 60.7 Å². The molecule has 0 saturated carbocycles. The number of anilines is 1. The maximum atomic E-state index is 13.6. The lowest BCUT2D eigenvalue weighted by Gasteiger charge is -2.17. The lowest BCUT2D eigenvalue weighted by Crippen LogP contribution is -2.32. The molecule has 8 heteroatoms. The van der Waals surface area contributed by atoms with Crippen molar-refractivity contribution in [3.05, 3.63) is 121 Å². The Bertz CT molecular complexity index is 1740. The van der Waals surface area contributed by atoms with Crippen molar-refractivity contribution < 1.29 is 4.79 Å². The summed E-state index contributed by atoms with van der Waals surface area (Å²) >= 11 is 1.01. The first-order chi connectivity index (χ1) is 16.6. The van der Waals surface area contributed by atoms with E-state index in [0.717, 1.165) is 27.1 Å². The number of benzene rings is 3. The average molecular weight is 465 g/mol. The minimum absolute atomic E-state index is 0.0911. The van der Waals surface area contributed by atoms with E-state index < -0.39 is 11.1 Å². The van der Waals surface area contributed by atoms with Crippen LogP contribution in [0.3, 0.4) is 0 Å². The van der Waals surface area contributed by atoms with Gasteiger partial charge in [-0.05, 0) is 11.6 Å². The predicted molar refractivity (Wildman–Crippen MR) is 131 cm³/mol. The quantitative estimate of drug-likeness (QED) is 0.410. The molecule has 3 aromatic carbocycles. The van der Waals surface area contributed by atoms with Crippen LogP contribution < -0.4 is 20.6 Å². The Morgan fingerprint density at radius 2 is 1.47 bits per heavy atom. The van der Waals surface area contributed by atoms with Crippen molar-refractivity contribution in [3.8, 4) is 11.3 Å². The zero-order chi connectivity index (χ0) is 23.2. The second kappa shape index (κ2) is 7.86. The molecule has 0 aliphatic carbocycles. The minimum Gasteiger partial charge on any atom is -0.303 e. The van der Waals surface area contributed by atoms with E-state index in [0.29, 0.717) is 23.2 Å². The molecule has 0 bridgehead atoms. The Balaban J connectivity index is 1.57. The Hall–Kier alpha value is -4.43. The fraction of sp³-hybridized carbons (Fsp3) is 0.0385. The number of aromatic nitrogens is 3. The molecular formula is C26H16N4O3S. The van der Waals surface area contributed by atoms with Gasteiger partial charge in [-0.25, -0.2) is 0 Å². The lowest BCUT2D eigenvalue weighted by molar-refractivity contribution is -0.113. The summed E-state index contributed by atoms with van der Waals surface area (Å²) in [5.74, 6) is -0.264. The second-order valence-electron chi connectivity index (χ2n) is 7.83. The summed E-state index contributed by atoms with van der Waals surface area (Å²) in [5, 5.41) is 4.31. The fourth-order valence-corrected chi connectivity index (χ4v) is 5.15. The Kier molecular flexibility index (Phi) is 4.67. The molecular weight excluding hydrogens is 448 g/mol. The predicted octanol–water partition coefficient (Wildman–Crippen LogP) is 2.64. The smallest absolute Gasteiger partial charge is 0.300 e. The van der Waals surface area contributed by atoms with Crippen molar-refractivity contribution in [1.82, 2.24) is 14.6 Å². The Labute approximate surface area is 196 Å². The first kappa shape index (κ1) is 20.2. The van der Waals surface area contributed by atoms with E-state index in [2.05, 4.69) is 10.1 Å². The van der Waals surface area contributed by atoms with Crippen molar-refractivity contribution in [1.29, 1.82) is 0 Å². The van der Waals surface area contributed by atoms with Gasteiger partial charge in [0.15, 0.2) is 5.69 Å². The van der Waals surface area contributed by atoms with Gasteiger partial charge >= 0.3 is 5.56 Å². The van der Waals surface area contributed by atoms with E-state index in [1.165, 1.54) is 0 Å². The zero-order valence-corrected chi connectivity index (χ0v) is 18.5. The number of carbonyl (C=O) groups is 1. The van der Waals surface area contributed by atoms with Crippen LogP contribution in [0.2, 0.25) is 0 Å². The number of rotatable bonds is 3. The van der Waals surface area contributed by atoms with E-state index in [-0.39, 0.29) is 21.1 Å². The monoisotopic (exact) mass is 464 g/mol. The highest BCUT2D eigenvalue weighted by atomic mass is 32.1. The molecule has 5 aromatic rings. The summed E-state index contributed by atoms with van der Waals surface area (Å²) in [5.41, 5.74) is 2.38. The Morgan fingerprint density at radius 3 is 2.24 bits per heavy atom. The minimum atomic E-state index is -0.521. The van der Waals surface area contributed by atoms with Crippen LogP contribution in [0, 0.1) is 0 Å². The summed E-state index contributed by atoms with van der Waals surface area (Å²) in [6.07, 6.45) is 0. The van der Waals surface area contributed by atoms with Gasteiger partial charge < -0.3 is 4.90 Å². The molecule has 0 saturated heterocycles. The van der Waals surface area contributed by atoms with Gasteiger partial charge in [-0.3, -0.25) is 14.4 Å². The van der Waals surface area contributed by atoms with Crippen molar-refractivity contribution in [2.45, 2.75) is 6.54 Å². The fourth-order valence-electron chi connectivity index (χ4n) is 4.16. The number of amides is 1. The number of hydrogen-bond acceptors (Lipinski definition) is 6. The van der Waals surface area contributed by atoms with Gasteiger partial charge in [-0.1, -0.05) is 90.2 Å². The number of fused-ring (bicyclic) bond motifs is 2. The Morgan fingerprint density at radius 1 is 0.794 bits per heavy atom. The van der Waals surface area contributed by atoms with Crippen LogP contribution in [0.1, 0.15) is 11.1 Å². The summed E-state index contributed by atoms with van der Waals surface area (Å²) in [6.45, 7) is 0.381. The first-order valence-corrected chi connectivity index (χ1v) is 11.4. The molecule has 1 aliphatic heterocycles. The molecule has 6 rings (SSSR count). The van der Waals surface area contributed by atoms with E-state index in [9.17, 15) is 14.4 Å². The van der Waals surface area contributed by atoms with Crippen molar-refractivity contribution in [2.75, 3.05) is 4.90 Å². The number of thiazole rings is 1. The molecule has 2 aromatic heterocycles. The van der Waals surface area contributed by atoms with Crippen LogP contribution in [0.15, 0.2) is 94.5 Å². The highest BCUT2D eigenvalue weighted by molar-refractivity contribution is 7.15. The maximum absolute atomic E-state index is 13.6. The number of hydrogen-bond donors (Lipinski definition) is 0. The molecule has 3 heterocycles. The van der Waals surface area contributed by atoms with Gasteiger partial charge in [-0.15, -0.1) is 0 Å². The van der Waals surface area contributed by atoms with Gasteiger partial charge in [0.05, 0.1) is 17.8 Å². The third kappa shape index (κ3) is 3.15. The highest BCUT2D eigenvalue weighted by Gasteiger charge is 2.34. The van der Waals surface area contributed by atoms with Crippen LogP contribution in [0.4, 0.5) is 5.69 Å². The second-order valence-corrected chi connectivity index (χ2v) is 8.81. The van der Waals surface area contributed by atoms with E-state index in [4.69, 9.17) is 0 Å². The number of nitrogens with zero attached hydrogens (tertiary/aromatic N) is 4. The van der Waals surface area contributed by atoms with Crippen LogP contribution in [-0.4, -0.2) is 20.5 Å². The SMILES string of the molecule is O=C1C(=c2sc3nc(=O)c(-c4ccccc4)nn3c2=O)c2ccccc2N1Cc1ccccc1. The van der Waals surface area contributed by atoms with Gasteiger partial charge in [0, 0.05) is 11.1 Å². The molecule has 1 amide bonds. The van der Waals surface area contributed by atoms with Crippen LogP contribution in [0.5, 0.6) is 0 Å². The number of para-hydroxylation sites is 1. The summed E-state index contributed by atoms with van der Waals surface area (Å²) in [4.78, 5) is 45.6. The lowest BCUT2D eigenvalue weighted by atomic mass is 10.1. The molecule has 1 aliphatic rings. The zero-order valence-electron chi connectivity index (χ0n) is 17.7. The van der Waals surface area contributed by atoms with Gasteiger partial charge in [-0.2, -0.15) is 14.6 Å². The van der Waals surface area contributed by atoms with E-state index in [1.54, 1.807) is 29.2 Å². The van der Waals surface area contributed by atoms with Crippen molar-refractivity contribution in [2.24, 2.45) is 0 Å². The largest absolute Gasteiger partial charge is 0.303 e. The molecule has 0 fully saturated rings. The molecule has 7 nitrogen and oxygen atoms in total. The third-order valence-electron chi connectivity index (χ3n) is 5.74.